The first-order chi connectivity index (χ1) is 12.9. The minimum absolute atomic E-state index is 0.207. The number of hydrogen-bond donors (Lipinski definition) is 1. The lowest BCUT2D eigenvalue weighted by Gasteiger charge is -2.34. The first-order valence-electron chi connectivity index (χ1n) is 8.92. The van der Waals surface area contributed by atoms with E-state index in [1.165, 1.54) is 6.20 Å². The van der Waals surface area contributed by atoms with Crippen molar-refractivity contribution < 1.29 is 18.2 Å². The number of nitrogens with one attached hydrogen (secondary N) is 1. The highest BCUT2D eigenvalue weighted by Gasteiger charge is 2.56. The maximum absolute atomic E-state index is 15.4. The van der Waals surface area contributed by atoms with E-state index in [1.807, 2.05) is 19.9 Å². The van der Waals surface area contributed by atoms with E-state index in [-0.39, 0.29) is 13.0 Å². The quantitative estimate of drug-likeness (QED) is 0.504. The van der Waals surface area contributed by atoms with E-state index >= 15 is 4.39 Å². The molecule has 0 bridgehead atoms. The fourth-order valence-corrected chi connectivity index (χ4v) is 4.34. The van der Waals surface area contributed by atoms with E-state index < -0.39 is 43.7 Å². The van der Waals surface area contributed by atoms with E-state index in [1.54, 1.807) is 6.66 Å². The zero-order valence-electron chi connectivity index (χ0n) is 15.7. The van der Waals surface area contributed by atoms with Crippen LogP contribution in [0, 0.1) is 11.3 Å². The van der Waals surface area contributed by atoms with E-state index in [0.717, 1.165) is 17.1 Å². The molecule has 1 aliphatic rings. The SMILES string of the molecule is CCC[C@]1(CC)O[C@@H](n2ccc(=O)[nH]c2=O)[C@@H](F)C1OP(C)OCCC#N. The molecule has 1 fully saturated rings. The lowest BCUT2D eigenvalue weighted by Crippen LogP contribution is -2.42. The second kappa shape index (κ2) is 9.56. The third-order valence-electron chi connectivity index (χ3n) is 4.58. The lowest BCUT2D eigenvalue weighted by atomic mass is 9.88. The van der Waals surface area contributed by atoms with Crippen LogP contribution >= 0.6 is 8.38 Å². The number of hydrogen-bond acceptors (Lipinski definition) is 6. The lowest BCUT2D eigenvalue weighted by molar-refractivity contribution is -0.107. The van der Waals surface area contributed by atoms with Crippen LogP contribution in [0.3, 0.4) is 0 Å². The van der Waals surface area contributed by atoms with Crippen molar-refractivity contribution in [3.63, 3.8) is 0 Å². The predicted octanol–water partition coefficient (Wildman–Crippen LogP) is 2.61. The Morgan fingerprint density at radius 1 is 1.48 bits per heavy atom. The number of aromatic nitrogens is 2. The summed E-state index contributed by atoms with van der Waals surface area (Å²) in [6.07, 6.45) is -0.524. The van der Waals surface area contributed by atoms with Gasteiger partial charge >= 0.3 is 5.69 Å². The summed E-state index contributed by atoms with van der Waals surface area (Å²) < 4.78 is 33.8. The van der Waals surface area contributed by atoms with E-state index in [9.17, 15) is 9.59 Å². The van der Waals surface area contributed by atoms with Gasteiger partial charge in [-0.25, -0.2) is 9.18 Å². The van der Waals surface area contributed by atoms with Crippen LogP contribution in [-0.2, 0) is 13.8 Å². The number of ether oxygens (including phenoxy) is 1. The van der Waals surface area contributed by atoms with Crippen molar-refractivity contribution in [2.24, 2.45) is 0 Å². The predicted molar refractivity (Wildman–Crippen MR) is 98.2 cm³/mol. The molecule has 1 aliphatic heterocycles. The highest BCUT2D eigenvalue weighted by atomic mass is 31.2. The number of alkyl halides is 1. The first-order valence-corrected chi connectivity index (χ1v) is 10.5. The van der Waals surface area contributed by atoms with Crippen LogP contribution in [0.15, 0.2) is 21.9 Å². The smallest absolute Gasteiger partial charge is 0.330 e. The Balaban J connectivity index is 2.30. The highest BCUT2D eigenvalue weighted by molar-refractivity contribution is 7.46. The maximum atomic E-state index is 15.4. The van der Waals surface area contributed by atoms with Crippen molar-refractivity contribution in [3.05, 3.63) is 33.1 Å². The van der Waals surface area contributed by atoms with Crippen LogP contribution in [0.5, 0.6) is 0 Å². The van der Waals surface area contributed by atoms with Gasteiger partial charge in [0.2, 0.25) is 0 Å². The summed E-state index contributed by atoms with van der Waals surface area (Å²) >= 11 is 0. The van der Waals surface area contributed by atoms with Gasteiger partial charge in [0.25, 0.3) is 5.56 Å². The van der Waals surface area contributed by atoms with E-state index in [2.05, 4.69) is 4.98 Å². The standard InChI is InChI=1S/C17H25FN3O5P/c1-4-8-17(5-2)14(26-27(3)24-11-6-9-19)13(18)15(25-17)21-10-7-12(22)20-16(21)23/h7,10,13-15H,4-6,8,11H2,1-3H3,(H,20,22,23)/t13-,14?,15+,17-,27?/m0/s1. The Morgan fingerprint density at radius 2 is 2.22 bits per heavy atom. The van der Waals surface area contributed by atoms with Gasteiger partial charge in [-0.05, 0) is 12.8 Å². The van der Waals surface area contributed by atoms with Crippen molar-refractivity contribution in [1.29, 1.82) is 5.26 Å². The van der Waals surface area contributed by atoms with Gasteiger partial charge in [-0.1, -0.05) is 20.3 Å². The average Bonchev–Trinajstić information content (AvgIpc) is 2.89. The summed E-state index contributed by atoms with van der Waals surface area (Å²) in [4.78, 5) is 25.5. The first kappa shape index (κ1) is 21.7. The molecule has 2 rings (SSSR count). The molecule has 1 saturated heterocycles. The number of nitriles is 1. The second-order valence-electron chi connectivity index (χ2n) is 6.35. The van der Waals surface area contributed by atoms with Gasteiger partial charge in [0, 0.05) is 18.9 Å². The van der Waals surface area contributed by atoms with Crippen LogP contribution in [0.4, 0.5) is 4.39 Å². The fourth-order valence-electron chi connectivity index (χ4n) is 3.30. The van der Waals surface area contributed by atoms with Crippen molar-refractivity contribution in [3.8, 4) is 6.07 Å². The fraction of sp³-hybridized carbons (Fsp3) is 0.706. The minimum atomic E-state index is -1.62. The van der Waals surface area contributed by atoms with Gasteiger partial charge in [-0.2, -0.15) is 5.26 Å². The molecule has 2 heterocycles. The Bertz CT molecular complexity index is 779. The molecule has 27 heavy (non-hydrogen) atoms. The zero-order chi connectivity index (χ0) is 20.0. The summed E-state index contributed by atoms with van der Waals surface area (Å²) in [6, 6.07) is 3.13. The van der Waals surface area contributed by atoms with Gasteiger partial charge in [-0.3, -0.25) is 14.3 Å². The third-order valence-corrected chi connectivity index (χ3v) is 5.65. The third kappa shape index (κ3) is 4.82. The molecule has 5 atom stereocenters. The summed E-state index contributed by atoms with van der Waals surface area (Å²) in [5, 5.41) is 8.60. The van der Waals surface area contributed by atoms with E-state index in [0.29, 0.717) is 12.8 Å². The van der Waals surface area contributed by atoms with Gasteiger partial charge in [-0.15, -0.1) is 0 Å². The molecule has 1 aromatic heterocycles. The molecule has 8 nitrogen and oxygen atoms in total. The second-order valence-corrected chi connectivity index (χ2v) is 7.69. The molecule has 0 aromatic carbocycles. The molecule has 0 spiro atoms. The number of nitrogens with zero attached hydrogens (tertiary/aromatic N) is 2. The molecule has 0 aliphatic carbocycles. The Hall–Kier alpha value is -1.59. The van der Waals surface area contributed by atoms with Crippen LogP contribution < -0.4 is 11.2 Å². The highest BCUT2D eigenvalue weighted by Crippen LogP contribution is 2.50. The van der Waals surface area contributed by atoms with E-state index in [4.69, 9.17) is 19.0 Å². The van der Waals surface area contributed by atoms with Gasteiger partial charge in [0.15, 0.2) is 20.8 Å². The average molecular weight is 401 g/mol. The molecule has 2 unspecified atom stereocenters. The summed E-state index contributed by atoms with van der Waals surface area (Å²) in [7, 11) is -1.42. The molecule has 0 saturated carbocycles. The molecule has 10 heteroatoms. The number of H-pyrrole nitrogens is 1. The summed E-state index contributed by atoms with van der Waals surface area (Å²) in [5.41, 5.74) is -2.21. The van der Waals surface area contributed by atoms with Crippen LogP contribution in [0.1, 0.15) is 45.8 Å². The van der Waals surface area contributed by atoms with Crippen molar-refractivity contribution in [2.45, 2.75) is 63.6 Å². The molecule has 0 amide bonds. The molecule has 0 radical (unpaired) electrons. The molecular weight excluding hydrogens is 376 g/mol. The largest absolute Gasteiger partial charge is 0.345 e. The summed E-state index contributed by atoms with van der Waals surface area (Å²) in [5.74, 6) is 0. The normalized spacial score (nSPS) is 28.8. The minimum Gasteiger partial charge on any atom is -0.345 e. The van der Waals surface area contributed by atoms with Crippen LogP contribution in [-0.4, -0.2) is 40.7 Å². The van der Waals surface area contributed by atoms with Crippen LogP contribution in [0.2, 0.25) is 0 Å². The van der Waals surface area contributed by atoms with Gasteiger partial charge < -0.3 is 13.8 Å². The zero-order valence-corrected chi connectivity index (χ0v) is 16.6. The maximum Gasteiger partial charge on any atom is 0.330 e. The van der Waals surface area contributed by atoms with Crippen molar-refractivity contribution >= 4 is 8.38 Å². The van der Waals surface area contributed by atoms with Crippen molar-refractivity contribution in [1.82, 2.24) is 9.55 Å². The topological polar surface area (TPSA) is 106 Å². The van der Waals surface area contributed by atoms with Gasteiger partial charge in [0.05, 0.1) is 19.1 Å². The molecular formula is C17H25FN3O5P. The monoisotopic (exact) mass is 401 g/mol. The van der Waals surface area contributed by atoms with Crippen LogP contribution in [0.25, 0.3) is 0 Å². The Morgan fingerprint density at radius 3 is 2.81 bits per heavy atom. The Labute approximate surface area is 158 Å². The molecule has 1 aromatic rings. The summed E-state index contributed by atoms with van der Waals surface area (Å²) in [6.45, 7) is 5.75. The Kier molecular flexibility index (Phi) is 7.68. The number of rotatable bonds is 9. The van der Waals surface area contributed by atoms with Crippen molar-refractivity contribution in [2.75, 3.05) is 13.3 Å². The number of aromatic amines is 1. The van der Waals surface area contributed by atoms with Gasteiger partial charge in [0.1, 0.15) is 11.7 Å². The molecule has 150 valence electrons. The number of halogens is 1. The molecule has 1 N–H and O–H groups in total.